The van der Waals surface area contributed by atoms with Crippen LogP contribution in [-0.2, 0) is 54.1 Å². The van der Waals surface area contributed by atoms with Crippen LogP contribution in [0.1, 0.15) is 54.2 Å². The van der Waals surface area contributed by atoms with Crippen LogP contribution in [-0.4, -0.2) is 55.2 Å². The highest BCUT2D eigenvalue weighted by Crippen LogP contribution is 2.42. The molecule has 0 saturated carbocycles. The van der Waals surface area contributed by atoms with Gasteiger partial charge in [0.2, 0.25) is 11.9 Å². The van der Waals surface area contributed by atoms with E-state index in [1.165, 1.54) is 6.92 Å². The molecule has 0 amide bonds. The fraction of sp³-hybridized carbons (Fsp3) is 0.200. The molecule has 9 nitrogen and oxygen atoms in total. The van der Waals surface area contributed by atoms with Gasteiger partial charge in [-0.2, -0.15) is 0 Å². The molecule has 0 fully saturated rings. The Morgan fingerprint density at radius 1 is 0.407 bits per heavy atom. The standard InChI is InChI=1S/C50H46O9/c1-36(51)57-46(35-56-50(42-28-16-7-17-29-42,43-30-18-8-19-31-43)44-32-20-9-21-33-44)48(59-38(3)53)47(58-37(2)52)45(54)34-55-49(39-22-10-4-11-23-39,40-24-12-5-13-25-40)41-26-14-6-15-27-41/h4-33,46-48H,34-35H2,1-3H3. The van der Waals surface area contributed by atoms with Crippen LogP contribution >= 0.6 is 0 Å². The first-order valence-corrected chi connectivity index (χ1v) is 19.3. The van der Waals surface area contributed by atoms with Crippen LogP contribution in [0.5, 0.6) is 0 Å². The third-order valence-electron chi connectivity index (χ3n) is 9.87. The predicted octanol–water partition coefficient (Wildman–Crippen LogP) is 8.37. The number of carbonyl (C=O) groups is 4. The van der Waals surface area contributed by atoms with Gasteiger partial charge in [0.25, 0.3) is 0 Å². The van der Waals surface area contributed by atoms with Crippen LogP contribution in [0.25, 0.3) is 0 Å². The van der Waals surface area contributed by atoms with Gasteiger partial charge in [-0.25, -0.2) is 0 Å². The Morgan fingerprint density at radius 2 is 0.695 bits per heavy atom. The van der Waals surface area contributed by atoms with Gasteiger partial charge in [-0.05, 0) is 33.4 Å². The average Bonchev–Trinajstić information content (AvgIpc) is 3.27. The molecule has 300 valence electrons. The van der Waals surface area contributed by atoms with E-state index in [9.17, 15) is 19.2 Å². The number of esters is 3. The second-order valence-electron chi connectivity index (χ2n) is 13.9. The summed E-state index contributed by atoms with van der Waals surface area (Å²) in [6, 6.07) is 56.9. The quantitative estimate of drug-likeness (QED) is 0.0482. The first-order chi connectivity index (χ1) is 28.6. The Hall–Kier alpha value is -6.68. The van der Waals surface area contributed by atoms with Gasteiger partial charge in [0.1, 0.15) is 17.8 Å². The lowest BCUT2D eigenvalue weighted by molar-refractivity contribution is -0.194. The number of ketones is 1. The number of hydrogen-bond acceptors (Lipinski definition) is 9. The zero-order chi connectivity index (χ0) is 41.7. The maximum atomic E-state index is 14.7. The molecule has 0 spiro atoms. The molecular weight excluding hydrogens is 745 g/mol. The van der Waals surface area contributed by atoms with Crippen LogP contribution in [0.15, 0.2) is 182 Å². The van der Waals surface area contributed by atoms with Gasteiger partial charge in [-0.1, -0.05) is 182 Å². The molecular formula is C50H46O9. The van der Waals surface area contributed by atoms with E-state index < -0.39 is 66.4 Å². The average molecular weight is 791 g/mol. The topological polar surface area (TPSA) is 114 Å². The van der Waals surface area contributed by atoms with E-state index in [-0.39, 0.29) is 0 Å². The third kappa shape index (κ3) is 9.72. The molecule has 0 radical (unpaired) electrons. The van der Waals surface area contributed by atoms with Crippen molar-refractivity contribution in [2.75, 3.05) is 13.2 Å². The molecule has 0 aliphatic carbocycles. The van der Waals surface area contributed by atoms with Gasteiger partial charge in [0.05, 0.1) is 6.61 Å². The SMILES string of the molecule is CC(=O)OC(COC(c1ccccc1)(c1ccccc1)c1ccccc1)C(OC(C)=O)C(OC(C)=O)C(=O)COC(c1ccccc1)(c1ccccc1)c1ccccc1. The predicted molar refractivity (Wildman–Crippen MR) is 222 cm³/mol. The first kappa shape index (κ1) is 41.9. The lowest BCUT2D eigenvalue weighted by Gasteiger charge is -2.39. The van der Waals surface area contributed by atoms with Crippen molar-refractivity contribution in [3.63, 3.8) is 0 Å². The molecule has 3 unspecified atom stereocenters. The van der Waals surface area contributed by atoms with E-state index in [1.807, 2.05) is 182 Å². The number of hydrogen-bond donors (Lipinski definition) is 0. The van der Waals surface area contributed by atoms with Crippen molar-refractivity contribution in [1.82, 2.24) is 0 Å². The summed E-state index contributed by atoms with van der Waals surface area (Å²) in [6.07, 6.45) is -4.90. The molecule has 0 aromatic heterocycles. The molecule has 0 saturated heterocycles. The minimum absolute atomic E-state index is 0.413. The van der Waals surface area contributed by atoms with Crippen LogP contribution in [0.3, 0.4) is 0 Å². The Bertz CT molecular complexity index is 2070. The minimum Gasteiger partial charge on any atom is -0.456 e. The second-order valence-corrected chi connectivity index (χ2v) is 13.9. The summed E-state index contributed by atoms with van der Waals surface area (Å²) in [6.45, 7) is 2.44. The van der Waals surface area contributed by atoms with E-state index in [2.05, 4.69) is 0 Å². The van der Waals surface area contributed by atoms with Crippen molar-refractivity contribution < 1.29 is 42.9 Å². The molecule has 6 rings (SSSR count). The number of carbonyl (C=O) groups excluding carboxylic acids is 4. The van der Waals surface area contributed by atoms with Crippen LogP contribution in [0.2, 0.25) is 0 Å². The van der Waals surface area contributed by atoms with Gasteiger partial charge >= 0.3 is 17.9 Å². The van der Waals surface area contributed by atoms with Crippen molar-refractivity contribution in [3.05, 3.63) is 215 Å². The highest BCUT2D eigenvalue weighted by molar-refractivity contribution is 5.87. The van der Waals surface area contributed by atoms with Crippen LogP contribution in [0.4, 0.5) is 0 Å². The monoisotopic (exact) mass is 790 g/mol. The summed E-state index contributed by atoms with van der Waals surface area (Å²) in [4.78, 5) is 53.4. The molecule has 9 heteroatoms. The number of Topliss-reactive ketones (excluding diaryl/α,β-unsaturated/α-hetero) is 1. The van der Waals surface area contributed by atoms with Crippen molar-refractivity contribution in [2.24, 2.45) is 0 Å². The molecule has 0 N–H and O–H groups in total. The molecule has 0 aliphatic heterocycles. The van der Waals surface area contributed by atoms with Crippen LogP contribution < -0.4 is 0 Å². The van der Waals surface area contributed by atoms with Crippen LogP contribution in [0, 0.1) is 0 Å². The number of ether oxygens (including phenoxy) is 5. The normalized spacial score (nSPS) is 13.0. The summed E-state index contributed by atoms with van der Waals surface area (Å²) >= 11 is 0. The number of rotatable bonds is 18. The summed E-state index contributed by atoms with van der Waals surface area (Å²) in [7, 11) is 0. The van der Waals surface area contributed by atoms with E-state index in [0.29, 0.717) is 0 Å². The Kier molecular flexibility index (Phi) is 14.0. The van der Waals surface area contributed by atoms with Crippen molar-refractivity contribution >= 4 is 23.7 Å². The van der Waals surface area contributed by atoms with E-state index >= 15 is 0 Å². The molecule has 59 heavy (non-hydrogen) atoms. The van der Waals surface area contributed by atoms with Gasteiger partial charge in [-0.15, -0.1) is 0 Å². The third-order valence-corrected chi connectivity index (χ3v) is 9.87. The molecule has 0 bridgehead atoms. The van der Waals surface area contributed by atoms with Gasteiger partial charge in [0, 0.05) is 20.8 Å². The fourth-order valence-electron chi connectivity index (χ4n) is 7.43. The Labute approximate surface area is 344 Å². The van der Waals surface area contributed by atoms with Crippen molar-refractivity contribution in [1.29, 1.82) is 0 Å². The van der Waals surface area contributed by atoms with Crippen molar-refractivity contribution in [3.8, 4) is 0 Å². The van der Waals surface area contributed by atoms with Gasteiger partial charge in [-0.3, -0.25) is 19.2 Å². The lowest BCUT2D eigenvalue weighted by Crippen LogP contribution is -2.52. The number of benzene rings is 6. The summed E-state index contributed by atoms with van der Waals surface area (Å²) in [5.41, 5.74) is 1.86. The summed E-state index contributed by atoms with van der Waals surface area (Å²) in [5, 5.41) is 0. The van der Waals surface area contributed by atoms with E-state index in [0.717, 1.165) is 47.2 Å². The maximum absolute atomic E-state index is 14.7. The Balaban J connectivity index is 1.43. The summed E-state index contributed by atoms with van der Waals surface area (Å²) in [5.74, 6) is -3.15. The van der Waals surface area contributed by atoms with Gasteiger partial charge in [0.15, 0.2) is 12.2 Å². The highest BCUT2D eigenvalue weighted by atomic mass is 16.6. The molecule has 0 aliphatic rings. The smallest absolute Gasteiger partial charge is 0.303 e. The zero-order valence-corrected chi connectivity index (χ0v) is 33.1. The summed E-state index contributed by atoms with van der Waals surface area (Å²) < 4.78 is 31.2. The van der Waals surface area contributed by atoms with Gasteiger partial charge < -0.3 is 23.7 Å². The molecule has 0 heterocycles. The molecule has 6 aromatic rings. The molecule has 3 atom stereocenters. The second kappa shape index (κ2) is 19.7. The minimum atomic E-state index is -1.79. The fourth-order valence-corrected chi connectivity index (χ4v) is 7.43. The van der Waals surface area contributed by atoms with E-state index in [4.69, 9.17) is 23.7 Å². The first-order valence-electron chi connectivity index (χ1n) is 19.3. The largest absolute Gasteiger partial charge is 0.456 e. The zero-order valence-electron chi connectivity index (χ0n) is 33.1. The lowest BCUT2D eigenvalue weighted by atomic mass is 9.80. The highest BCUT2D eigenvalue weighted by Gasteiger charge is 2.46. The molecule has 6 aromatic carbocycles. The maximum Gasteiger partial charge on any atom is 0.303 e. The van der Waals surface area contributed by atoms with Crippen molar-refractivity contribution in [2.45, 2.75) is 50.3 Å². The van der Waals surface area contributed by atoms with E-state index in [1.54, 1.807) is 0 Å². The Morgan fingerprint density at radius 3 is 0.983 bits per heavy atom.